The van der Waals surface area contributed by atoms with Crippen LogP contribution in [-0.2, 0) is 13.1 Å². The minimum atomic E-state index is -1.59. The summed E-state index contributed by atoms with van der Waals surface area (Å²) in [5.74, 6) is 0.891. The van der Waals surface area contributed by atoms with E-state index >= 15 is 0 Å². The molecule has 0 aliphatic heterocycles. The molecular formula is C19H34N4O5. The fourth-order valence-electron chi connectivity index (χ4n) is 4.41. The van der Waals surface area contributed by atoms with Crippen LogP contribution in [0.5, 0.6) is 0 Å². The molecule has 28 heavy (non-hydrogen) atoms. The number of nitrogens with one attached hydrogen (secondary N) is 1. The van der Waals surface area contributed by atoms with E-state index in [9.17, 15) is 25.5 Å². The first-order chi connectivity index (χ1) is 13.5. The maximum absolute atomic E-state index is 10.0. The molecule has 2 saturated carbocycles. The molecule has 3 rings (SSSR count). The number of aliphatic hydroxyl groups is 5. The predicted molar refractivity (Wildman–Crippen MR) is 101 cm³/mol. The second-order valence-corrected chi connectivity index (χ2v) is 8.33. The summed E-state index contributed by atoms with van der Waals surface area (Å²) in [4.78, 5) is 0. The van der Waals surface area contributed by atoms with Crippen molar-refractivity contribution in [3.63, 3.8) is 0 Å². The van der Waals surface area contributed by atoms with E-state index in [1.54, 1.807) is 4.68 Å². The topological polar surface area (TPSA) is 144 Å². The summed E-state index contributed by atoms with van der Waals surface area (Å²) in [5.41, 5.74) is 0.641. The Morgan fingerprint density at radius 3 is 2.21 bits per heavy atom. The maximum Gasteiger partial charge on any atom is 0.111 e. The molecule has 2 aliphatic carbocycles. The average Bonchev–Trinajstić information content (AvgIpc) is 3.17. The SMILES string of the molecule is OC1[C@@H](O)[C@H](O)C(NCc2cn(CCCCC3CCCCC3)nn2)[C@H](O)[C@H]1O. The quantitative estimate of drug-likeness (QED) is 0.316. The van der Waals surface area contributed by atoms with E-state index in [0.717, 1.165) is 18.9 Å². The standard InChI is InChI=1S/C19H34N4O5/c24-15-14(16(25)18(27)19(28)17(15)26)20-10-13-11-23(22-21-13)9-5-4-8-12-6-2-1-3-7-12/h11-12,14-20,24-28H,1-10H2/t14?,15-,16+,17+,18-,19?. The molecule has 9 heteroatoms. The molecule has 0 spiro atoms. The number of unbranched alkanes of at least 4 members (excludes halogenated alkanes) is 1. The Morgan fingerprint density at radius 2 is 1.54 bits per heavy atom. The van der Waals surface area contributed by atoms with E-state index in [2.05, 4.69) is 15.6 Å². The molecule has 0 bridgehead atoms. The molecule has 0 saturated heterocycles. The molecule has 1 heterocycles. The van der Waals surface area contributed by atoms with Gasteiger partial charge in [-0.2, -0.15) is 0 Å². The number of aliphatic hydroxyl groups excluding tert-OH is 5. The molecule has 9 nitrogen and oxygen atoms in total. The highest BCUT2D eigenvalue weighted by Crippen LogP contribution is 2.27. The third-order valence-corrected chi connectivity index (χ3v) is 6.21. The van der Waals surface area contributed by atoms with E-state index in [1.165, 1.54) is 44.9 Å². The first-order valence-corrected chi connectivity index (χ1v) is 10.5. The van der Waals surface area contributed by atoms with Crippen molar-refractivity contribution >= 4 is 0 Å². The molecule has 2 aliphatic rings. The summed E-state index contributed by atoms with van der Waals surface area (Å²) in [6, 6.07) is -0.978. The van der Waals surface area contributed by atoms with Gasteiger partial charge in [0, 0.05) is 19.3 Å². The Bertz CT molecular complexity index is 579. The smallest absolute Gasteiger partial charge is 0.111 e. The largest absolute Gasteiger partial charge is 0.389 e. The van der Waals surface area contributed by atoms with E-state index in [-0.39, 0.29) is 6.54 Å². The Labute approximate surface area is 165 Å². The van der Waals surface area contributed by atoms with Gasteiger partial charge >= 0.3 is 0 Å². The van der Waals surface area contributed by atoms with Crippen molar-refractivity contribution in [2.75, 3.05) is 0 Å². The zero-order valence-electron chi connectivity index (χ0n) is 16.3. The van der Waals surface area contributed by atoms with E-state index in [4.69, 9.17) is 0 Å². The zero-order valence-corrected chi connectivity index (χ0v) is 16.3. The Balaban J connectivity index is 1.40. The highest BCUT2D eigenvalue weighted by Gasteiger charge is 2.47. The van der Waals surface area contributed by atoms with E-state index in [0.29, 0.717) is 5.69 Å². The molecule has 6 atom stereocenters. The predicted octanol–water partition coefficient (Wildman–Crippen LogP) is -0.695. The van der Waals surface area contributed by atoms with Gasteiger partial charge in [-0.15, -0.1) is 5.10 Å². The van der Waals surface area contributed by atoms with E-state index < -0.39 is 36.6 Å². The summed E-state index contributed by atoms with van der Waals surface area (Å²) < 4.78 is 1.79. The molecule has 0 radical (unpaired) electrons. The fraction of sp³-hybridized carbons (Fsp3) is 0.895. The third kappa shape index (κ3) is 5.28. The number of hydrogen-bond acceptors (Lipinski definition) is 8. The van der Waals surface area contributed by atoms with Gasteiger partial charge in [0.1, 0.15) is 30.5 Å². The number of nitrogens with zero attached hydrogens (tertiary/aromatic N) is 3. The molecule has 1 aromatic rings. The van der Waals surface area contributed by atoms with Crippen LogP contribution >= 0.6 is 0 Å². The molecule has 1 aromatic heterocycles. The van der Waals surface area contributed by atoms with Crippen LogP contribution in [0.1, 0.15) is 57.1 Å². The third-order valence-electron chi connectivity index (χ3n) is 6.21. The number of rotatable bonds is 8. The van der Waals surface area contributed by atoms with Crippen LogP contribution < -0.4 is 5.32 Å². The number of aromatic nitrogens is 3. The van der Waals surface area contributed by atoms with Gasteiger partial charge in [-0.3, -0.25) is 4.68 Å². The van der Waals surface area contributed by atoms with Crippen molar-refractivity contribution in [1.82, 2.24) is 20.3 Å². The first-order valence-electron chi connectivity index (χ1n) is 10.5. The van der Waals surface area contributed by atoms with Crippen LogP contribution in [0.15, 0.2) is 6.20 Å². The summed E-state index contributed by atoms with van der Waals surface area (Å²) in [5, 5.41) is 60.3. The monoisotopic (exact) mass is 398 g/mol. The van der Waals surface area contributed by atoms with Gasteiger partial charge in [-0.05, 0) is 12.3 Å². The lowest BCUT2D eigenvalue weighted by molar-refractivity contribution is -0.190. The summed E-state index contributed by atoms with van der Waals surface area (Å²) in [6.07, 6.45) is 4.79. The molecule has 6 N–H and O–H groups in total. The van der Waals surface area contributed by atoms with Gasteiger partial charge in [-0.1, -0.05) is 50.2 Å². The second-order valence-electron chi connectivity index (χ2n) is 8.33. The summed E-state index contributed by atoms with van der Waals surface area (Å²) in [6.45, 7) is 1.02. The number of aryl methyl sites for hydroxylation is 1. The molecule has 160 valence electrons. The first kappa shape index (κ1) is 21.6. The molecule has 2 unspecified atom stereocenters. The fourth-order valence-corrected chi connectivity index (χ4v) is 4.41. The Hall–Kier alpha value is -1.10. The Kier molecular flexibility index (Phi) is 7.78. The number of hydrogen-bond donors (Lipinski definition) is 6. The molecule has 0 aromatic carbocycles. The highest BCUT2D eigenvalue weighted by molar-refractivity contribution is 5.03. The van der Waals surface area contributed by atoms with Crippen molar-refractivity contribution in [2.24, 2.45) is 5.92 Å². The lowest BCUT2D eigenvalue weighted by Crippen LogP contribution is -2.67. The van der Waals surface area contributed by atoms with Crippen LogP contribution in [0.2, 0.25) is 0 Å². The van der Waals surface area contributed by atoms with Crippen molar-refractivity contribution in [1.29, 1.82) is 0 Å². The lowest BCUT2D eigenvalue weighted by Gasteiger charge is -2.42. The normalized spacial score (nSPS) is 34.6. The second kappa shape index (κ2) is 10.1. The van der Waals surface area contributed by atoms with Gasteiger partial charge in [0.15, 0.2) is 0 Å². The molecule has 2 fully saturated rings. The van der Waals surface area contributed by atoms with Crippen molar-refractivity contribution in [2.45, 2.75) is 101 Å². The van der Waals surface area contributed by atoms with Crippen LogP contribution in [0.4, 0.5) is 0 Å². The summed E-state index contributed by atoms with van der Waals surface area (Å²) >= 11 is 0. The minimum Gasteiger partial charge on any atom is -0.389 e. The maximum atomic E-state index is 10.0. The van der Waals surface area contributed by atoms with Crippen molar-refractivity contribution in [3.05, 3.63) is 11.9 Å². The van der Waals surface area contributed by atoms with Gasteiger partial charge < -0.3 is 30.8 Å². The zero-order chi connectivity index (χ0) is 20.1. The van der Waals surface area contributed by atoms with Gasteiger partial charge in [-0.25, -0.2) is 0 Å². The van der Waals surface area contributed by atoms with Crippen LogP contribution in [0.25, 0.3) is 0 Å². The van der Waals surface area contributed by atoms with Crippen LogP contribution in [-0.4, -0.2) is 77.1 Å². The van der Waals surface area contributed by atoms with E-state index in [1.807, 2.05) is 6.20 Å². The van der Waals surface area contributed by atoms with Crippen LogP contribution in [0.3, 0.4) is 0 Å². The minimum absolute atomic E-state index is 0.219. The lowest BCUT2D eigenvalue weighted by atomic mass is 9.83. The van der Waals surface area contributed by atoms with Crippen LogP contribution in [0, 0.1) is 5.92 Å². The summed E-state index contributed by atoms with van der Waals surface area (Å²) in [7, 11) is 0. The van der Waals surface area contributed by atoms with Gasteiger partial charge in [0.05, 0.1) is 11.7 Å². The molecule has 0 amide bonds. The van der Waals surface area contributed by atoms with Gasteiger partial charge in [0.25, 0.3) is 0 Å². The Morgan fingerprint density at radius 1 is 0.893 bits per heavy atom. The van der Waals surface area contributed by atoms with Crippen molar-refractivity contribution < 1.29 is 25.5 Å². The highest BCUT2D eigenvalue weighted by atomic mass is 16.4. The van der Waals surface area contributed by atoms with Crippen molar-refractivity contribution in [3.8, 4) is 0 Å². The van der Waals surface area contributed by atoms with Gasteiger partial charge in [0.2, 0.25) is 0 Å². The molecular weight excluding hydrogens is 364 g/mol. The average molecular weight is 399 g/mol.